The molecule has 2 nitrogen and oxygen atoms in total. The molecule has 1 aromatic carbocycles. The predicted molar refractivity (Wildman–Crippen MR) is 92.0 cm³/mol. The summed E-state index contributed by atoms with van der Waals surface area (Å²) >= 11 is 1.78. The van der Waals surface area contributed by atoms with Crippen molar-refractivity contribution in [1.29, 1.82) is 0 Å². The van der Waals surface area contributed by atoms with Crippen molar-refractivity contribution < 1.29 is 13.2 Å². The topological polar surface area (TPSA) is 17.8 Å². The zero-order valence-electron chi connectivity index (χ0n) is 12.6. The van der Waals surface area contributed by atoms with Gasteiger partial charge in [-0.3, -0.25) is 4.68 Å². The van der Waals surface area contributed by atoms with Crippen molar-refractivity contribution in [2.75, 3.05) is 0 Å². The molecule has 0 amide bonds. The van der Waals surface area contributed by atoms with Crippen molar-refractivity contribution >= 4 is 22.6 Å². The summed E-state index contributed by atoms with van der Waals surface area (Å²) in [5, 5.41) is 4.33. The Morgan fingerprint density at radius 3 is 2.35 bits per heavy atom. The fourth-order valence-electron chi connectivity index (χ4n) is 3.24. The highest BCUT2D eigenvalue weighted by Crippen LogP contribution is 2.38. The highest BCUT2D eigenvalue weighted by atomic mass is 127. The maximum Gasteiger partial charge on any atom is 0.434 e. The van der Waals surface area contributed by atoms with Gasteiger partial charge in [0.1, 0.15) is 5.69 Å². The first-order valence-corrected chi connectivity index (χ1v) is 8.93. The molecule has 0 unspecified atom stereocenters. The van der Waals surface area contributed by atoms with Crippen LogP contribution in [0, 0.1) is 9.49 Å². The molecular formula is C17H18F3IN2. The van der Waals surface area contributed by atoms with Gasteiger partial charge in [-0.25, -0.2) is 0 Å². The van der Waals surface area contributed by atoms with Crippen LogP contribution in [-0.2, 0) is 12.7 Å². The molecule has 1 aliphatic carbocycles. The number of rotatable bonds is 3. The second-order valence-electron chi connectivity index (χ2n) is 6.06. The molecule has 0 radical (unpaired) electrons. The second-order valence-corrected chi connectivity index (χ2v) is 7.14. The van der Waals surface area contributed by atoms with Crippen LogP contribution in [0.15, 0.2) is 30.3 Å². The highest BCUT2D eigenvalue weighted by molar-refractivity contribution is 14.1. The molecule has 0 spiro atoms. The van der Waals surface area contributed by atoms with Crippen molar-refractivity contribution in [1.82, 2.24) is 9.78 Å². The summed E-state index contributed by atoms with van der Waals surface area (Å²) in [7, 11) is 0. The maximum atomic E-state index is 13.5. The number of halogens is 4. The van der Waals surface area contributed by atoms with E-state index in [1.54, 1.807) is 34.7 Å². The van der Waals surface area contributed by atoms with Gasteiger partial charge in [0.05, 0.1) is 3.57 Å². The van der Waals surface area contributed by atoms with Crippen molar-refractivity contribution in [3.05, 3.63) is 39.6 Å². The molecule has 0 bridgehead atoms. The summed E-state index contributed by atoms with van der Waals surface area (Å²) in [6, 6.07) is 9.09. The molecule has 1 aromatic heterocycles. The first-order valence-electron chi connectivity index (χ1n) is 7.85. The summed E-state index contributed by atoms with van der Waals surface area (Å²) < 4.78 is 42.0. The van der Waals surface area contributed by atoms with E-state index in [0.29, 0.717) is 18.2 Å². The Kier molecular flexibility index (Phi) is 4.98. The number of nitrogens with zero attached hydrogens (tertiary/aromatic N) is 2. The molecule has 0 atom stereocenters. The van der Waals surface area contributed by atoms with E-state index in [-0.39, 0.29) is 3.57 Å². The fraction of sp³-hybridized carbons (Fsp3) is 0.471. The van der Waals surface area contributed by atoms with E-state index in [1.807, 2.05) is 18.2 Å². The van der Waals surface area contributed by atoms with Gasteiger partial charge in [-0.1, -0.05) is 49.6 Å². The average molecular weight is 434 g/mol. The predicted octanol–water partition coefficient (Wildman–Crippen LogP) is 5.75. The van der Waals surface area contributed by atoms with E-state index in [2.05, 4.69) is 5.10 Å². The SMILES string of the molecule is FC(F)(F)c1c(I)c(-c2ccccc2)nn1CC1CCCCC1. The fourth-order valence-corrected chi connectivity index (χ4v) is 4.24. The molecule has 1 heterocycles. The quantitative estimate of drug-likeness (QED) is 0.563. The summed E-state index contributed by atoms with van der Waals surface area (Å²) in [4.78, 5) is 0. The monoisotopic (exact) mass is 434 g/mol. The van der Waals surface area contributed by atoms with Crippen LogP contribution < -0.4 is 0 Å². The van der Waals surface area contributed by atoms with Crippen molar-refractivity contribution in [3.63, 3.8) is 0 Å². The molecule has 23 heavy (non-hydrogen) atoms. The first kappa shape index (κ1) is 16.8. The van der Waals surface area contributed by atoms with Gasteiger partial charge in [0.25, 0.3) is 0 Å². The van der Waals surface area contributed by atoms with Gasteiger partial charge < -0.3 is 0 Å². The van der Waals surface area contributed by atoms with E-state index in [0.717, 1.165) is 31.2 Å². The number of aromatic nitrogens is 2. The van der Waals surface area contributed by atoms with Crippen LogP contribution in [0.5, 0.6) is 0 Å². The van der Waals surface area contributed by atoms with E-state index >= 15 is 0 Å². The molecular weight excluding hydrogens is 416 g/mol. The molecule has 124 valence electrons. The van der Waals surface area contributed by atoms with Gasteiger partial charge in [-0.05, 0) is 41.4 Å². The van der Waals surface area contributed by atoms with Gasteiger partial charge in [-0.2, -0.15) is 18.3 Å². The van der Waals surface area contributed by atoms with Crippen LogP contribution in [0.25, 0.3) is 11.3 Å². The molecule has 0 aliphatic heterocycles. The van der Waals surface area contributed by atoms with Crippen molar-refractivity contribution in [2.24, 2.45) is 5.92 Å². The summed E-state index contributed by atoms with van der Waals surface area (Å²) in [6.45, 7) is 0.359. The Morgan fingerprint density at radius 1 is 1.09 bits per heavy atom. The first-order chi connectivity index (χ1) is 11.0. The number of benzene rings is 1. The minimum Gasteiger partial charge on any atom is -0.259 e. The average Bonchev–Trinajstić information content (AvgIpc) is 2.85. The Labute approximate surface area is 147 Å². The van der Waals surface area contributed by atoms with Crippen LogP contribution in [-0.4, -0.2) is 9.78 Å². The minimum absolute atomic E-state index is 0.192. The van der Waals surface area contributed by atoms with E-state index in [4.69, 9.17) is 0 Å². The molecule has 1 fully saturated rings. The van der Waals surface area contributed by atoms with Crippen LogP contribution in [0.1, 0.15) is 37.8 Å². The number of hydrogen-bond acceptors (Lipinski definition) is 1. The van der Waals surface area contributed by atoms with Crippen LogP contribution >= 0.6 is 22.6 Å². The summed E-state index contributed by atoms with van der Waals surface area (Å²) in [5.41, 5.74) is 0.543. The maximum absolute atomic E-state index is 13.5. The minimum atomic E-state index is -4.38. The molecule has 2 aromatic rings. The van der Waals surface area contributed by atoms with E-state index in [9.17, 15) is 13.2 Å². The van der Waals surface area contributed by atoms with Gasteiger partial charge in [0, 0.05) is 12.1 Å². The van der Waals surface area contributed by atoms with Gasteiger partial charge in [-0.15, -0.1) is 0 Å². The van der Waals surface area contributed by atoms with Crippen LogP contribution in [0.4, 0.5) is 13.2 Å². The third kappa shape index (κ3) is 3.72. The smallest absolute Gasteiger partial charge is 0.259 e. The zero-order valence-corrected chi connectivity index (χ0v) is 14.8. The lowest BCUT2D eigenvalue weighted by Gasteiger charge is -2.22. The standard InChI is InChI=1S/C17H18F3IN2/c18-17(19,20)16-14(21)15(13-9-5-2-6-10-13)22-23(16)11-12-7-3-1-4-8-12/h2,5-6,9-10,12H,1,3-4,7-8,11H2. The van der Waals surface area contributed by atoms with E-state index in [1.165, 1.54) is 11.1 Å². The molecule has 0 N–H and O–H groups in total. The van der Waals surface area contributed by atoms with Crippen molar-refractivity contribution in [2.45, 2.75) is 44.8 Å². The molecule has 1 aliphatic rings. The second kappa shape index (κ2) is 6.83. The molecule has 0 saturated heterocycles. The van der Waals surface area contributed by atoms with Gasteiger partial charge >= 0.3 is 6.18 Å². The molecule has 6 heteroatoms. The number of alkyl halides is 3. The Hall–Kier alpha value is -1.05. The largest absolute Gasteiger partial charge is 0.434 e. The van der Waals surface area contributed by atoms with Gasteiger partial charge in [0.15, 0.2) is 5.69 Å². The Balaban J connectivity index is 2.00. The molecule has 3 rings (SSSR count). The Bertz CT molecular complexity index is 658. The lowest BCUT2D eigenvalue weighted by Crippen LogP contribution is -2.21. The van der Waals surface area contributed by atoms with Gasteiger partial charge in [0.2, 0.25) is 0 Å². The normalized spacial score (nSPS) is 16.7. The van der Waals surface area contributed by atoms with E-state index < -0.39 is 11.9 Å². The number of hydrogen-bond donors (Lipinski definition) is 0. The summed E-state index contributed by atoms with van der Waals surface area (Å²) in [5.74, 6) is 0.296. The van der Waals surface area contributed by atoms with Crippen LogP contribution in [0.3, 0.4) is 0 Å². The lowest BCUT2D eigenvalue weighted by molar-refractivity contribution is -0.145. The zero-order chi connectivity index (χ0) is 16.4. The Morgan fingerprint density at radius 2 is 1.74 bits per heavy atom. The highest BCUT2D eigenvalue weighted by Gasteiger charge is 2.40. The van der Waals surface area contributed by atoms with Crippen molar-refractivity contribution in [3.8, 4) is 11.3 Å². The molecule has 1 saturated carbocycles. The lowest BCUT2D eigenvalue weighted by atomic mass is 9.89. The van der Waals surface area contributed by atoms with Crippen LogP contribution in [0.2, 0.25) is 0 Å². The third-order valence-electron chi connectivity index (χ3n) is 4.37. The summed E-state index contributed by atoms with van der Waals surface area (Å²) in [6.07, 6.45) is 1.01. The third-order valence-corrected chi connectivity index (χ3v) is 5.39.